The zero-order valence-corrected chi connectivity index (χ0v) is 10.8. The van der Waals surface area contributed by atoms with Gasteiger partial charge in [-0.3, -0.25) is 0 Å². The normalized spacial score (nSPS) is 10.7. The lowest BCUT2D eigenvalue weighted by atomic mass is 10.1. The lowest BCUT2D eigenvalue weighted by molar-refractivity contribution is 0.300. The zero-order valence-electron chi connectivity index (χ0n) is 10.8. The van der Waals surface area contributed by atoms with E-state index >= 15 is 0 Å². The summed E-state index contributed by atoms with van der Waals surface area (Å²) in [5, 5.41) is 2.24. The molecule has 3 rings (SSSR count). The molecule has 0 aromatic heterocycles. The molecule has 100 valence electrons. The number of benzene rings is 3. The van der Waals surface area contributed by atoms with Crippen LogP contribution in [0.5, 0.6) is 5.75 Å². The molecule has 0 saturated heterocycles. The van der Waals surface area contributed by atoms with Gasteiger partial charge in [-0.05, 0) is 29.0 Å². The molecular weight excluding hydrogens is 253 g/mol. The average Bonchev–Trinajstić information content (AvgIpc) is 2.48. The Kier molecular flexibility index (Phi) is 3.25. The number of halogens is 1. The first-order chi connectivity index (χ1) is 9.74. The highest BCUT2D eigenvalue weighted by atomic mass is 19.1. The summed E-state index contributed by atoms with van der Waals surface area (Å²) >= 11 is 0. The van der Waals surface area contributed by atoms with Crippen LogP contribution in [0.25, 0.3) is 10.8 Å². The predicted octanol–water partition coefficient (Wildman–Crippen LogP) is 4.14. The van der Waals surface area contributed by atoms with E-state index in [0.717, 1.165) is 10.8 Å². The van der Waals surface area contributed by atoms with Gasteiger partial charge in [0.05, 0.1) is 5.69 Å². The van der Waals surface area contributed by atoms with E-state index < -0.39 is 5.82 Å². The third kappa shape index (κ3) is 2.43. The van der Waals surface area contributed by atoms with Crippen molar-refractivity contribution in [3.8, 4) is 5.75 Å². The van der Waals surface area contributed by atoms with Gasteiger partial charge in [0.1, 0.15) is 12.4 Å². The third-order valence-corrected chi connectivity index (χ3v) is 3.22. The van der Waals surface area contributed by atoms with E-state index in [4.69, 9.17) is 10.5 Å². The van der Waals surface area contributed by atoms with Crippen LogP contribution in [-0.4, -0.2) is 0 Å². The van der Waals surface area contributed by atoms with Gasteiger partial charge >= 0.3 is 0 Å². The summed E-state index contributed by atoms with van der Waals surface area (Å²) in [6.07, 6.45) is 0. The summed E-state index contributed by atoms with van der Waals surface area (Å²) in [4.78, 5) is 0. The van der Waals surface area contributed by atoms with Gasteiger partial charge in [-0.25, -0.2) is 4.39 Å². The Morgan fingerprint density at radius 3 is 2.55 bits per heavy atom. The van der Waals surface area contributed by atoms with E-state index in [0.29, 0.717) is 11.3 Å². The molecule has 0 aliphatic carbocycles. The highest BCUT2D eigenvalue weighted by molar-refractivity contribution is 5.83. The molecule has 0 unspecified atom stereocenters. The fourth-order valence-electron chi connectivity index (χ4n) is 2.13. The summed E-state index contributed by atoms with van der Waals surface area (Å²) in [5.74, 6) is 0.304. The summed E-state index contributed by atoms with van der Waals surface area (Å²) in [7, 11) is 0. The standard InChI is InChI=1S/C17H14FNO/c18-17-14(6-3-7-16(17)19)11-20-15-9-8-12-4-1-2-5-13(12)10-15/h1-10H,11,19H2. The minimum absolute atomic E-state index is 0.143. The van der Waals surface area contributed by atoms with Crippen molar-refractivity contribution in [1.82, 2.24) is 0 Å². The van der Waals surface area contributed by atoms with Gasteiger partial charge in [0.15, 0.2) is 5.82 Å². The first-order valence-electron chi connectivity index (χ1n) is 6.38. The van der Waals surface area contributed by atoms with Gasteiger partial charge in [0.2, 0.25) is 0 Å². The number of hydrogen-bond donors (Lipinski definition) is 1. The Bertz CT molecular complexity index is 755. The van der Waals surface area contributed by atoms with E-state index in [1.54, 1.807) is 12.1 Å². The van der Waals surface area contributed by atoms with Crippen LogP contribution in [0, 0.1) is 5.82 Å². The van der Waals surface area contributed by atoms with Crippen molar-refractivity contribution in [2.45, 2.75) is 6.61 Å². The van der Waals surface area contributed by atoms with Crippen LogP contribution in [0.3, 0.4) is 0 Å². The van der Waals surface area contributed by atoms with Crippen LogP contribution in [0.4, 0.5) is 10.1 Å². The number of ether oxygens (including phenoxy) is 1. The second kappa shape index (κ2) is 5.21. The van der Waals surface area contributed by atoms with Crippen LogP contribution in [0.1, 0.15) is 5.56 Å². The Balaban J connectivity index is 1.81. The van der Waals surface area contributed by atoms with Crippen LogP contribution >= 0.6 is 0 Å². The summed E-state index contributed by atoms with van der Waals surface area (Å²) in [6.45, 7) is 0.162. The van der Waals surface area contributed by atoms with Crippen LogP contribution in [-0.2, 0) is 6.61 Å². The predicted molar refractivity (Wildman–Crippen MR) is 79.1 cm³/mol. The van der Waals surface area contributed by atoms with E-state index in [-0.39, 0.29) is 12.3 Å². The van der Waals surface area contributed by atoms with Gasteiger partial charge in [-0.2, -0.15) is 0 Å². The maximum Gasteiger partial charge on any atom is 0.152 e. The Morgan fingerprint density at radius 2 is 1.70 bits per heavy atom. The second-order valence-corrected chi connectivity index (χ2v) is 4.62. The number of rotatable bonds is 3. The molecule has 2 N–H and O–H groups in total. The van der Waals surface area contributed by atoms with E-state index in [1.807, 2.05) is 42.5 Å². The first-order valence-corrected chi connectivity index (χ1v) is 6.38. The van der Waals surface area contributed by atoms with Gasteiger partial charge in [-0.1, -0.05) is 42.5 Å². The van der Waals surface area contributed by atoms with Crippen molar-refractivity contribution < 1.29 is 9.13 Å². The van der Waals surface area contributed by atoms with Crippen molar-refractivity contribution >= 4 is 16.5 Å². The van der Waals surface area contributed by atoms with Crippen molar-refractivity contribution in [3.63, 3.8) is 0 Å². The Labute approximate surface area is 116 Å². The highest BCUT2D eigenvalue weighted by Gasteiger charge is 2.06. The molecule has 0 saturated carbocycles. The topological polar surface area (TPSA) is 35.2 Å². The van der Waals surface area contributed by atoms with Gasteiger partial charge in [-0.15, -0.1) is 0 Å². The van der Waals surface area contributed by atoms with Gasteiger partial charge in [0, 0.05) is 5.56 Å². The molecule has 3 aromatic carbocycles. The lowest BCUT2D eigenvalue weighted by Gasteiger charge is -2.09. The maximum absolute atomic E-state index is 13.8. The van der Waals surface area contributed by atoms with Gasteiger partial charge in [0.25, 0.3) is 0 Å². The molecule has 20 heavy (non-hydrogen) atoms. The molecule has 0 spiro atoms. The molecule has 0 bridgehead atoms. The monoisotopic (exact) mass is 267 g/mol. The number of anilines is 1. The lowest BCUT2D eigenvalue weighted by Crippen LogP contribution is -2.01. The molecule has 0 radical (unpaired) electrons. The molecule has 0 amide bonds. The van der Waals surface area contributed by atoms with Crippen molar-refractivity contribution in [2.24, 2.45) is 0 Å². The average molecular weight is 267 g/mol. The number of hydrogen-bond acceptors (Lipinski definition) is 2. The Morgan fingerprint density at radius 1 is 0.900 bits per heavy atom. The summed E-state index contributed by atoms with van der Waals surface area (Å²) in [6, 6.07) is 18.8. The second-order valence-electron chi connectivity index (χ2n) is 4.62. The molecule has 3 aromatic rings. The van der Waals surface area contributed by atoms with Crippen LogP contribution < -0.4 is 10.5 Å². The fraction of sp³-hybridized carbons (Fsp3) is 0.0588. The van der Waals surface area contributed by atoms with E-state index in [9.17, 15) is 4.39 Å². The first kappa shape index (κ1) is 12.5. The minimum Gasteiger partial charge on any atom is -0.489 e. The number of fused-ring (bicyclic) bond motifs is 1. The molecule has 0 fully saturated rings. The van der Waals surface area contributed by atoms with Crippen LogP contribution in [0.2, 0.25) is 0 Å². The largest absolute Gasteiger partial charge is 0.489 e. The van der Waals surface area contributed by atoms with Crippen molar-refractivity contribution in [3.05, 3.63) is 72.0 Å². The molecule has 0 atom stereocenters. The zero-order chi connectivity index (χ0) is 13.9. The van der Waals surface area contributed by atoms with Crippen molar-refractivity contribution in [1.29, 1.82) is 0 Å². The highest BCUT2D eigenvalue weighted by Crippen LogP contribution is 2.22. The molecule has 0 heterocycles. The molecule has 3 heteroatoms. The van der Waals surface area contributed by atoms with Crippen molar-refractivity contribution in [2.75, 3.05) is 5.73 Å². The molecule has 0 aliphatic heterocycles. The minimum atomic E-state index is -0.409. The molecule has 0 aliphatic rings. The molecular formula is C17H14FNO. The van der Waals surface area contributed by atoms with E-state index in [1.165, 1.54) is 6.07 Å². The van der Waals surface area contributed by atoms with Gasteiger partial charge < -0.3 is 10.5 Å². The SMILES string of the molecule is Nc1cccc(COc2ccc3ccccc3c2)c1F. The molecule has 2 nitrogen and oxygen atoms in total. The quantitative estimate of drug-likeness (QED) is 0.724. The number of nitrogens with two attached hydrogens (primary N) is 1. The van der Waals surface area contributed by atoms with E-state index in [2.05, 4.69) is 0 Å². The maximum atomic E-state index is 13.8. The summed E-state index contributed by atoms with van der Waals surface area (Å²) in [5.41, 5.74) is 6.13. The fourth-order valence-corrected chi connectivity index (χ4v) is 2.13. The summed E-state index contributed by atoms with van der Waals surface area (Å²) < 4.78 is 19.4. The Hall–Kier alpha value is -2.55. The van der Waals surface area contributed by atoms with Crippen LogP contribution in [0.15, 0.2) is 60.7 Å². The number of nitrogen functional groups attached to an aromatic ring is 1. The third-order valence-electron chi connectivity index (χ3n) is 3.22. The smallest absolute Gasteiger partial charge is 0.152 e.